The predicted octanol–water partition coefficient (Wildman–Crippen LogP) is 5.47. The van der Waals surface area contributed by atoms with Crippen molar-refractivity contribution >= 4 is 22.9 Å². The quantitative estimate of drug-likeness (QED) is 0.560. The van der Waals surface area contributed by atoms with Crippen LogP contribution in [-0.4, -0.2) is 15.9 Å². The van der Waals surface area contributed by atoms with Crippen LogP contribution in [0.3, 0.4) is 0 Å². The molecule has 0 fully saturated rings. The zero-order valence-electron chi connectivity index (χ0n) is 14.5. The zero-order chi connectivity index (χ0) is 20.9. The lowest BCUT2D eigenvalue weighted by Crippen LogP contribution is -2.17. The summed E-state index contributed by atoms with van der Waals surface area (Å²) in [5, 5.41) is 2.20. The van der Waals surface area contributed by atoms with Crippen LogP contribution >= 0.6 is 0 Å². The van der Waals surface area contributed by atoms with Gasteiger partial charge in [0.1, 0.15) is 0 Å². The highest BCUT2D eigenvalue weighted by molar-refractivity contribution is 6.04. The maximum Gasteiger partial charge on any atom is 0.416 e. The van der Waals surface area contributed by atoms with Crippen LogP contribution in [0, 0.1) is 13.8 Å². The van der Waals surface area contributed by atoms with Crippen molar-refractivity contribution in [3.05, 3.63) is 58.1 Å². The fourth-order valence-electron chi connectivity index (χ4n) is 2.59. The van der Waals surface area contributed by atoms with Crippen LogP contribution in [-0.2, 0) is 12.4 Å². The summed E-state index contributed by atoms with van der Waals surface area (Å²) < 4.78 is 77.5. The normalized spacial score (nSPS) is 12.4. The number of imidazole rings is 1. The number of nitrogens with one attached hydrogen (secondary N) is 2. The smallest absolute Gasteiger partial charge is 0.324 e. The molecule has 0 unspecified atom stereocenters. The first-order valence-electron chi connectivity index (χ1n) is 7.92. The van der Waals surface area contributed by atoms with Crippen LogP contribution in [0.4, 0.5) is 32.3 Å². The van der Waals surface area contributed by atoms with Gasteiger partial charge in [-0.2, -0.15) is 26.3 Å². The molecular formula is C18H13F6N3O. The van der Waals surface area contributed by atoms with Gasteiger partial charge < -0.3 is 4.98 Å². The fourth-order valence-corrected chi connectivity index (χ4v) is 2.59. The number of hydrogen-bond donors (Lipinski definition) is 2. The van der Waals surface area contributed by atoms with Crippen molar-refractivity contribution in [3.63, 3.8) is 0 Å². The van der Waals surface area contributed by atoms with E-state index in [0.717, 1.165) is 11.1 Å². The van der Waals surface area contributed by atoms with Gasteiger partial charge in [-0.05, 0) is 55.3 Å². The number of H-pyrrole nitrogens is 1. The molecular weight excluding hydrogens is 388 g/mol. The molecule has 0 aliphatic carbocycles. The summed E-state index contributed by atoms with van der Waals surface area (Å²) in [7, 11) is 0. The van der Waals surface area contributed by atoms with Crippen molar-refractivity contribution < 1.29 is 31.1 Å². The summed E-state index contributed by atoms with van der Waals surface area (Å²) in [5.74, 6) is -1.24. The van der Waals surface area contributed by atoms with E-state index in [1.165, 1.54) is 0 Å². The lowest BCUT2D eigenvalue weighted by Gasteiger charge is -2.13. The van der Waals surface area contributed by atoms with Crippen molar-refractivity contribution in [3.8, 4) is 0 Å². The van der Waals surface area contributed by atoms with Crippen LogP contribution in [0.25, 0.3) is 11.0 Å². The number of hydrogen-bond acceptors (Lipinski definition) is 2. The molecule has 0 aliphatic rings. The van der Waals surface area contributed by atoms with Gasteiger partial charge in [0, 0.05) is 5.56 Å². The highest BCUT2D eigenvalue weighted by atomic mass is 19.4. The van der Waals surface area contributed by atoms with E-state index in [-0.39, 0.29) is 12.0 Å². The summed E-state index contributed by atoms with van der Waals surface area (Å²) in [4.78, 5) is 19.1. The number of carbonyl (C=O) groups is 1. The number of anilines is 1. The molecule has 4 nitrogen and oxygen atoms in total. The molecule has 0 atom stereocenters. The topological polar surface area (TPSA) is 57.8 Å². The molecule has 1 aromatic heterocycles. The Balaban J connectivity index is 1.98. The zero-order valence-corrected chi connectivity index (χ0v) is 14.5. The van der Waals surface area contributed by atoms with Gasteiger partial charge in [-0.3, -0.25) is 10.1 Å². The number of carbonyl (C=O) groups excluding carboxylic acids is 1. The lowest BCUT2D eigenvalue weighted by atomic mass is 10.0. The summed E-state index contributed by atoms with van der Waals surface area (Å²) in [6.07, 6.45) is -10.1. The van der Waals surface area contributed by atoms with Crippen molar-refractivity contribution in [1.82, 2.24) is 9.97 Å². The SMILES string of the molecule is Cc1cc2nc(NC(=O)c3cc(C(F)(F)F)cc(C(F)(F)F)c3)[nH]c2cc1C. The van der Waals surface area contributed by atoms with Gasteiger partial charge >= 0.3 is 12.4 Å². The van der Waals surface area contributed by atoms with Crippen LogP contribution < -0.4 is 5.32 Å². The number of alkyl halides is 6. The number of aromatic nitrogens is 2. The summed E-state index contributed by atoms with van der Waals surface area (Å²) in [5.41, 5.74) is -0.968. The number of amides is 1. The van der Waals surface area contributed by atoms with Gasteiger partial charge in [0.15, 0.2) is 0 Å². The van der Waals surface area contributed by atoms with E-state index in [1.54, 1.807) is 12.1 Å². The molecule has 0 bridgehead atoms. The predicted molar refractivity (Wildman–Crippen MR) is 90.0 cm³/mol. The third kappa shape index (κ3) is 3.95. The van der Waals surface area contributed by atoms with Crippen molar-refractivity contribution in [2.75, 3.05) is 5.32 Å². The molecule has 1 amide bonds. The highest BCUT2D eigenvalue weighted by Crippen LogP contribution is 2.36. The Hall–Kier alpha value is -3.04. The van der Waals surface area contributed by atoms with Crippen molar-refractivity contribution in [1.29, 1.82) is 0 Å². The van der Waals surface area contributed by atoms with Crippen LogP contribution in [0.5, 0.6) is 0 Å². The minimum atomic E-state index is -5.04. The van der Waals surface area contributed by atoms with Gasteiger partial charge in [-0.1, -0.05) is 0 Å². The molecule has 0 saturated carbocycles. The fraction of sp³-hybridized carbons (Fsp3) is 0.222. The van der Waals surface area contributed by atoms with Gasteiger partial charge in [0.05, 0.1) is 22.2 Å². The molecule has 0 aliphatic heterocycles. The van der Waals surface area contributed by atoms with E-state index in [0.29, 0.717) is 23.2 Å². The molecule has 10 heteroatoms. The maximum atomic E-state index is 12.9. The summed E-state index contributed by atoms with van der Waals surface area (Å²) >= 11 is 0. The second kappa shape index (κ2) is 6.54. The van der Waals surface area contributed by atoms with Gasteiger partial charge in [0.25, 0.3) is 5.91 Å². The van der Waals surface area contributed by atoms with Gasteiger partial charge in [0.2, 0.25) is 5.95 Å². The van der Waals surface area contributed by atoms with E-state index in [9.17, 15) is 31.1 Å². The Morgan fingerprint density at radius 3 is 1.96 bits per heavy atom. The Kier molecular flexibility index (Phi) is 4.60. The summed E-state index contributed by atoms with van der Waals surface area (Å²) in [6.45, 7) is 3.71. The third-order valence-corrected chi connectivity index (χ3v) is 4.18. The Morgan fingerprint density at radius 1 is 0.893 bits per heavy atom. The van der Waals surface area contributed by atoms with E-state index < -0.39 is 35.0 Å². The molecule has 0 saturated heterocycles. The first kappa shape index (κ1) is 19.7. The molecule has 3 aromatic rings. The van der Waals surface area contributed by atoms with E-state index in [4.69, 9.17) is 0 Å². The first-order chi connectivity index (χ1) is 12.8. The molecule has 148 valence electrons. The van der Waals surface area contributed by atoms with Crippen molar-refractivity contribution in [2.45, 2.75) is 26.2 Å². The van der Waals surface area contributed by atoms with Crippen LogP contribution in [0.2, 0.25) is 0 Å². The number of nitrogens with zero attached hydrogens (tertiary/aromatic N) is 1. The Morgan fingerprint density at radius 2 is 1.43 bits per heavy atom. The number of halogens is 6. The van der Waals surface area contributed by atoms with Gasteiger partial charge in [-0.25, -0.2) is 4.98 Å². The molecule has 3 rings (SSSR count). The van der Waals surface area contributed by atoms with Crippen molar-refractivity contribution in [2.24, 2.45) is 0 Å². The van der Waals surface area contributed by atoms with E-state index in [1.807, 2.05) is 13.8 Å². The number of aryl methyl sites for hydroxylation is 2. The minimum absolute atomic E-state index is 0.0382. The number of benzene rings is 2. The van der Waals surface area contributed by atoms with Gasteiger partial charge in [-0.15, -0.1) is 0 Å². The largest absolute Gasteiger partial charge is 0.416 e. The molecule has 0 spiro atoms. The average Bonchev–Trinajstić information content (AvgIpc) is 2.94. The number of aromatic amines is 1. The second-order valence-electron chi connectivity index (χ2n) is 6.29. The molecule has 1 heterocycles. The third-order valence-electron chi connectivity index (χ3n) is 4.18. The minimum Gasteiger partial charge on any atom is -0.324 e. The van der Waals surface area contributed by atoms with E-state index >= 15 is 0 Å². The monoisotopic (exact) mass is 401 g/mol. The Labute approximate surface area is 154 Å². The first-order valence-corrected chi connectivity index (χ1v) is 7.92. The number of rotatable bonds is 2. The lowest BCUT2D eigenvalue weighted by molar-refractivity contribution is -0.143. The number of fused-ring (bicyclic) bond motifs is 1. The molecule has 2 N–H and O–H groups in total. The summed E-state index contributed by atoms with van der Waals surface area (Å²) in [6, 6.07) is 4.19. The second-order valence-corrected chi connectivity index (χ2v) is 6.29. The molecule has 28 heavy (non-hydrogen) atoms. The average molecular weight is 401 g/mol. The standard InChI is InChI=1S/C18H13F6N3O/c1-8-3-13-14(4-9(8)2)26-16(25-13)27-15(28)10-5-11(17(19,20)21)7-12(6-10)18(22,23)24/h3-7H,1-2H3,(H2,25,26,27,28). The highest BCUT2D eigenvalue weighted by Gasteiger charge is 2.37. The van der Waals surface area contributed by atoms with Crippen LogP contribution in [0.15, 0.2) is 30.3 Å². The maximum absolute atomic E-state index is 12.9. The van der Waals surface area contributed by atoms with Crippen LogP contribution in [0.1, 0.15) is 32.6 Å². The Bertz CT molecular complexity index is 994. The molecule has 0 radical (unpaired) electrons. The molecule has 2 aromatic carbocycles. The van der Waals surface area contributed by atoms with E-state index in [2.05, 4.69) is 15.3 Å².